The van der Waals surface area contributed by atoms with Crippen LogP contribution in [0.1, 0.15) is 44.2 Å². The number of hydrogen-bond donors (Lipinski definition) is 1. The number of hydrogen-bond acceptors (Lipinski definition) is 4. The summed E-state index contributed by atoms with van der Waals surface area (Å²) in [5.41, 5.74) is 4.28. The molecule has 2 aromatic carbocycles. The Bertz CT molecular complexity index is 1060. The van der Waals surface area contributed by atoms with Gasteiger partial charge in [0, 0.05) is 18.7 Å². The number of anilines is 2. The van der Waals surface area contributed by atoms with E-state index in [1.54, 1.807) is 4.90 Å². The van der Waals surface area contributed by atoms with E-state index in [1.165, 1.54) is 22.5 Å². The maximum Gasteiger partial charge on any atom is 0.231 e. The minimum absolute atomic E-state index is 0.00616. The number of carbonyl (C=O) groups is 2. The fourth-order valence-corrected chi connectivity index (χ4v) is 4.74. The first-order valence-electron chi connectivity index (χ1n) is 10.7. The minimum atomic E-state index is -0.365. The number of benzene rings is 2. The number of rotatable bonds is 7. The Hall–Kier alpha value is -2.73. The van der Waals surface area contributed by atoms with E-state index >= 15 is 0 Å². The molecule has 1 aromatic heterocycles. The van der Waals surface area contributed by atoms with Gasteiger partial charge in [0.2, 0.25) is 11.8 Å². The van der Waals surface area contributed by atoms with Gasteiger partial charge in [0.05, 0.1) is 16.1 Å². The predicted octanol–water partition coefficient (Wildman–Crippen LogP) is 5.19. The second-order valence-electron chi connectivity index (χ2n) is 7.84. The third-order valence-corrected chi connectivity index (χ3v) is 6.59. The lowest BCUT2D eigenvalue weighted by Gasteiger charge is -2.17. The summed E-state index contributed by atoms with van der Waals surface area (Å²) in [7, 11) is 0. The van der Waals surface area contributed by atoms with Gasteiger partial charge in [-0.3, -0.25) is 9.59 Å². The van der Waals surface area contributed by atoms with Crippen LogP contribution in [0.4, 0.5) is 10.8 Å². The lowest BCUT2D eigenvalue weighted by molar-refractivity contribution is -0.122. The number of thiazole rings is 1. The van der Waals surface area contributed by atoms with Gasteiger partial charge in [-0.1, -0.05) is 49.8 Å². The Balaban J connectivity index is 1.41. The number of aromatic nitrogens is 1. The van der Waals surface area contributed by atoms with E-state index in [2.05, 4.69) is 48.4 Å². The molecule has 156 valence electrons. The molecule has 1 unspecified atom stereocenters. The third-order valence-electron chi connectivity index (χ3n) is 5.65. The summed E-state index contributed by atoms with van der Waals surface area (Å²) < 4.78 is 1.07. The fraction of sp³-hybridized carbons (Fsp3) is 0.375. The third kappa shape index (κ3) is 4.38. The van der Waals surface area contributed by atoms with E-state index in [9.17, 15) is 9.59 Å². The van der Waals surface area contributed by atoms with Crippen LogP contribution < -0.4 is 10.2 Å². The van der Waals surface area contributed by atoms with Crippen molar-refractivity contribution in [2.24, 2.45) is 5.92 Å². The molecule has 1 aliphatic rings. The largest absolute Gasteiger partial charge is 0.312 e. The van der Waals surface area contributed by atoms with Crippen molar-refractivity contribution in [2.45, 2.75) is 46.0 Å². The van der Waals surface area contributed by atoms with Crippen molar-refractivity contribution in [3.8, 4) is 0 Å². The molecular formula is C24H27N3O2S. The number of carbonyl (C=O) groups excluding carboxylic acids is 2. The molecule has 2 heterocycles. The number of fused-ring (bicyclic) bond motifs is 1. The Morgan fingerprint density at radius 3 is 2.67 bits per heavy atom. The van der Waals surface area contributed by atoms with Gasteiger partial charge >= 0.3 is 0 Å². The van der Waals surface area contributed by atoms with Crippen molar-refractivity contribution >= 4 is 44.2 Å². The first kappa shape index (κ1) is 20.5. The lowest BCUT2D eigenvalue weighted by atomic mass is 10.1. The molecule has 2 amide bonds. The molecule has 0 spiro atoms. The number of aryl methyl sites for hydroxylation is 2. The molecule has 6 heteroatoms. The van der Waals surface area contributed by atoms with Gasteiger partial charge in [-0.25, -0.2) is 4.98 Å². The zero-order valence-electron chi connectivity index (χ0n) is 17.5. The van der Waals surface area contributed by atoms with E-state index in [4.69, 9.17) is 0 Å². The molecule has 5 nitrogen and oxygen atoms in total. The molecule has 1 N–H and O–H groups in total. The topological polar surface area (TPSA) is 62.3 Å². The fourth-order valence-electron chi connectivity index (χ4n) is 3.81. The highest BCUT2D eigenvalue weighted by Gasteiger charge is 2.35. The smallest absolute Gasteiger partial charge is 0.231 e. The van der Waals surface area contributed by atoms with Crippen molar-refractivity contribution < 1.29 is 9.59 Å². The van der Waals surface area contributed by atoms with Gasteiger partial charge in [0.25, 0.3) is 0 Å². The van der Waals surface area contributed by atoms with Crippen LogP contribution in [0.5, 0.6) is 0 Å². The van der Waals surface area contributed by atoms with Crippen LogP contribution in [0.25, 0.3) is 10.2 Å². The van der Waals surface area contributed by atoms with Crippen LogP contribution in [-0.4, -0.2) is 23.3 Å². The summed E-state index contributed by atoms with van der Waals surface area (Å²) in [6.45, 7) is 4.70. The number of nitrogens with one attached hydrogen (secondary N) is 1. The highest BCUT2D eigenvalue weighted by Crippen LogP contribution is 2.30. The van der Waals surface area contributed by atoms with E-state index in [0.717, 1.165) is 41.6 Å². The molecule has 1 saturated heterocycles. The van der Waals surface area contributed by atoms with E-state index in [-0.39, 0.29) is 24.2 Å². The second-order valence-corrected chi connectivity index (χ2v) is 8.87. The minimum Gasteiger partial charge on any atom is -0.312 e. The van der Waals surface area contributed by atoms with Crippen molar-refractivity contribution in [1.29, 1.82) is 0 Å². The van der Waals surface area contributed by atoms with Crippen LogP contribution in [0.15, 0.2) is 42.5 Å². The highest BCUT2D eigenvalue weighted by molar-refractivity contribution is 7.22. The van der Waals surface area contributed by atoms with Gasteiger partial charge in [-0.05, 0) is 54.7 Å². The summed E-state index contributed by atoms with van der Waals surface area (Å²) >= 11 is 1.48. The molecule has 3 aromatic rings. The Morgan fingerprint density at radius 2 is 1.93 bits per heavy atom. The van der Waals surface area contributed by atoms with E-state index in [1.807, 2.05) is 18.2 Å². The van der Waals surface area contributed by atoms with E-state index in [0.29, 0.717) is 11.7 Å². The molecule has 0 radical (unpaired) electrons. The molecule has 1 aliphatic heterocycles. The first-order valence-corrected chi connectivity index (χ1v) is 11.5. The molecule has 0 bridgehead atoms. The summed E-state index contributed by atoms with van der Waals surface area (Å²) in [6.07, 6.45) is 4.58. The second kappa shape index (κ2) is 8.96. The molecule has 1 atom stereocenters. The summed E-state index contributed by atoms with van der Waals surface area (Å²) in [5.74, 6) is -0.510. The zero-order chi connectivity index (χ0) is 21.1. The standard InChI is InChI=1S/C24H27N3O2S/c1-3-5-6-17-7-10-19(11-8-17)27-15-18(14-22(27)28)23(29)26-24-25-20-12-9-16(4-2)13-21(20)30-24/h7-13,18H,3-6,14-15H2,1-2H3,(H,25,26,29). The Labute approximate surface area is 181 Å². The monoisotopic (exact) mass is 421 g/mol. The molecule has 4 rings (SSSR count). The SMILES string of the molecule is CCCCc1ccc(N2CC(C(=O)Nc3nc4ccc(CC)cc4s3)CC2=O)cc1. The molecule has 30 heavy (non-hydrogen) atoms. The van der Waals surface area contributed by atoms with E-state index < -0.39 is 0 Å². The van der Waals surface area contributed by atoms with Gasteiger partial charge in [-0.15, -0.1) is 0 Å². The maximum absolute atomic E-state index is 12.8. The summed E-state index contributed by atoms with van der Waals surface area (Å²) in [4.78, 5) is 31.6. The number of amides is 2. The van der Waals surface area contributed by atoms with Crippen LogP contribution >= 0.6 is 11.3 Å². The Morgan fingerprint density at radius 1 is 1.17 bits per heavy atom. The zero-order valence-corrected chi connectivity index (χ0v) is 18.3. The molecule has 0 saturated carbocycles. The van der Waals surface area contributed by atoms with Crippen LogP contribution in [0, 0.1) is 5.92 Å². The average Bonchev–Trinajstić information content (AvgIpc) is 3.34. The Kier molecular flexibility index (Phi) is 6.13. The van der Waals surface area contributed by atoms with Crippen molar-refractivity contribution in [3.05, 3.63) is 53.6 Å². The van der Waals surface area contributed by atoms with Crippen LogP contribution in [0.3, 0.4) is 0 Å². The van der Waals surface area contributed by atoms with Crippen LogP contribution in [0.2, 0.25) is 0 Å². The van der Waals surface area contributed by atoms with Gasteiger partial charge < -0.3 is 10.2 Å². The quantitative estimate of drug-likeness (QED) is 0.571. The lowest BCUT2D eigenvalue weighted by Crippen LogP contribution is -2.28. The van der Waals surface area contributed by atoms with Gasteiger partial charge in [0.15, 0.2) is 5.13 Å². The van der Waals surface area contributed by atoms with Gasteiger partial charge in [-0.2, -0.15) is 0 Å². The van der Waals surface area contributed by atoms with Crippen LogP contribution in [-0.2, 0) is 22.4 Å². The summed E-state index contributed by atoms with van der Waals surface area (Å²) in [5, 5.41) is 3.52. The summed E-state index contributed by atoms with van der Waals surface area (Å²) in [6, 6.07) is 14.3. The highest BCUT2D eigenvalue weighted by atomic mass is 32.1. The van der Waals surface area contributed by atoms with Crippen molar-refractivity contribution in [1.82, 2.24) is 4.98 Å². The first-order chi connectivity index (χ1) is 14.6. The number of unbranched alkanes of at least 4 members (excludes halogenated alkanes) is 1. The maximum atomic E-state index is 12.8. The average molecular weight is 422 g/mol. The normalized spacial score (nSPS) is 16.4. The molecular weight excluding hydrogens is 394 g/mol. The molecule has 1 fully saturated rings. The van der Waals surface area contributed by atoms with Crippen molar-refractivity contribution in [3.63, 3.8) is 0 Å². The predicted molar refractivity (Wildman–Crippen MR) is 123 cm³/mol. The molecule has 0 aliphatic carbocycles. The number of nitrogens with zero attached hydrogens (tertiary/aromatic N) is 2. The van der Waals surface area contributed by atoms with Gasteiger partial charge in [0.1, 0.15) is 0 Å². The van der Waals surface area contributed by atoms with Crippen molar-refractivity contribution in [2.75, 3.05) is 16.8 Å².